The molecule has 2 heterocycles. The second-order valence-electron chi connectivity index (χ2n) is 8.62. The third kappa shape index (κ3) is 4.61. The number of piperidine rings is 1. The first-order chi connectivity index (χ1) is 17.0. The fourth-order valence-electron chi connectivity index (χ4n) is 4.52. The van der Waals surface area contributed by atoms with E-state index in [4.69, 9.17) is 4.74 Å². The van der Waals surface area contributed by atoms with Gasteiger partial charge in [0, 0.05) is 12.6 Å². The molecule has 3 unspecified atom stereocenters. The molecule has 35 heavy (non-hydrogen) atoms. The molecule has 3 aromatic rings. The molecule has 3 atom stereocenters. The van der Waals surface area contributed by atoms with E-state index in [0.29, 0.717) is 42.1 Å². The Morgan fingerprint density at radius 1 is 0.914 bits per heavy atom. The van der Waals surface area contributed by atoms with Gasteiger partial charge in [-0.25, -0.2) is 9.69 Å². The Morgan fingerprint density at radius 2 is 1.54 bits per heavy atom. The summed E-state index contributed by atoms with van der Waals surface area (Å²) in [6, 6.07) is 23.5. The van der Waals surface area contributed by atoms with Gasteiger partial charge in [0.1, 0.15) is 17.5 Å². The van der Waals surface area contributed by atoms with Crippen LogP contribution in [0.5, 0.6) is 11.5 Å². The van der Waals surface area contributed by atoms with Gasteiger partial charge in [0.25, 0.3) is 11.8 Å². The van der Waals surface area contributed by atoms with Gasteiger partial charge in [-0.1, -0.05) is 48.5 Å². The van der Waals surface area contributed by atoms with Crippen molar-refractivity contribution in [3.05, 3.63) is 90.5 Å². The molecule has 2 saturated heterocycles. The number of aliphatic hydroxyl groups excluding tert-OH is 1. The number of imide groups is 1. The van der Waals surface area contributed by atoms with Crippen molar-refractivity contribution >= 4 is 23.5 Å². The Kier molecular flexibility index (Phi) is 6.20. The zero-order chi connectivity index (χ0) is 24.4. The van der Waals surface area contributed by atoms with E-state index in [1.54, 1.807) is 53.4 Å². The van der Waals surface area contributed by atoms with E-state index in [1.807, 2.05) is 36.4 Å². The SMILES string of the molecule is O=C(NC1CCN2C(=O)N(c3ccc(Oc4ccccc4)cc3)C(=O)C2C1)C(O)c1ccccc1. The number of nitrogens with zero attached hydrogens (tertiary/aromatic N) is 2. The summed E-state index contributed by atoms with van der Waals surface area (Å²) in [6.07, 6.45) is -0.493. The van der Waals surface area contributed by atoms with Gasteiger partial charge in [0.2, 0.25) is 0 Å². The largest absolute Gasteiger partial charge is 0.457 e. The van der Waals surface area contributed by atoms with Gasteiger partial charge >= 0.3 is 6.03 Å². The van der Waals surface area contributed by atoms with Gasteiger partial charge in [-0.05, 0) is 54.8 Å². The summed E-state index contributed by atoms with van der Waals surface area (Å²) in [4.78, 5) is 41.5. The number of amides is 4. The molecule has 0 aromatic heterocycles. The molecule has 0 aliphatic carbocycles. The quantitative estimate of drug-likeness (QED) is 0.535. The van der Waals surface area contributed by atoms with Crippen LogP contribution < -0.4 is 15.0 Å². The van der Waals surface area contributed by atoms with Crippen LogP contribution in [0.1, 0.15) is 24.5 Å². The smallest absolute Gasteiger partial charge is 0.332 e. The number of fused-ring (bicyclic) bond motifs is 1. The number of benzene rings is 3. The Balaban J connectivity index is 1.24. The van der Waals surface area contributed by atoms with Crippen molar-refractivity contribution < 1.29 is 24.2 Å². The van der Waals surface area contributed by atoms with Crippen molar-refractivity contribution in [2.45, 2.75) is 31.0 Å². The molecule has 0 radical (unpaired) electrons. The number of urea groups is 1. The topological polar surface area (TPSA) is 99.2 Å². The van der Waals surface area contributed by atoms with Crippen molar-refractivity contribution in [1.29, 1.82) is 0 Å². The highest BCUT2D eigenvalue weighted by Crippen LogP contribution is 2.32. The normalized spacial score (nSPS) is 20.4. The molecule has 2 N–H and O–H groups in total. The molecule has 8 heteroatoms. The van der Waals surface area contributed by atoms with E-state index in [9.17, 15) is 19.5 Å². The number of aliphatic hydroxyl groups is 1. The average molecular weight is 472 g/mol. The van der Waals surface area contributed by atoms with Gasteiger partial charge in [-0.3, -0.25) is 9.59 Å². The van der Waals surface area contributed by atoms with Crippen LogP contribution >= 0.6 is 0 Å². The number of hydrogen-bond acceptors (Lipinski definition) is 5. The standard InChI is InChI=1S/C27H25N3O5/c31-24(18-7-3-1-4-8-18)25(32)28-19-15-16-29-23(17-19)26(33)30(27(29)34)20-11-13-22(14-12-20)35-21-9-5-2-6-10-21/h1-14,19,23-24,31H,15-17H2,(H,28,32). The lowest BCUT2D eigenvalue weighted by atomic mass is 9.97. The van der Waals surface area contributed by atoms with Gasteiger partial charge in [0.15, 0.2) is 6.10 Å². The molecule has 178 valence electrons. The number of nitrogens with one attached hydrogen (secondary N) is 1. The summed E-state index contributed by atoms with van der Waals surface area (Å²) in [6.45, 7) is 0.341. The summed E-state index contributed by atoms with van der Waals surface area (Å²) >= 11 is 0. The maximum atomic E-state index is 13.2. The highest BCUT2D eigenvalue weighted by molar-refractivity contribution is 6.21. The van der Waals surface area contributed by atoms with E-state index in [-0.39, 0.29) is 18.0 Å². The van der Waals surface area contributed by atoms with Crippen molar-refractivity contribution in [1.82, 2.24) is 10.2 Å². The third-order valence-corrected chi connectivity index (χ3v) is 6.33. The average Bonchev–Trinajstić information content (AvgIpc) is 3.14. The highest BCUT2D eigenvalue weighted by Gasteiger charge is 2.48. The Hall–Kier alpha value is -4.17. The number of carbonyl (C=O) groups is 3. The summed E-state index contributed by atoms with van der Waals surface area (Å²) in [5.41, 5.74) is 0.968. The second-order valence-corrected chi connectivity index (χ2v) is 8.62. The molecule has 0 bridgehead atoms. The zero-order valence-electron chi connectivity index (χ0n) is 18.9. The number of hydrogen-bond donors (Lipinski definition) is 2. The van der Waals surface area contributed by atoms with Crippen LogP contribution in [0.3, 0.4) is 0 Å². The monoisotopic (exact) mass is 471 g/mol. The molecular formula is C27H25N3O5. The molecular weight excluding hydrogens is 446 g/mol. The first kappa shape index (κ1) is 22.6. The number of para-hydroxylation sites is 1. The predicted octanol–water partition coefficient (Wildman–Crippen LogP) is 3.63. The fraction of sp³-hybridized carbons (Fsp3) is 0.222. The molecule has 2 aliphatic heterocycles. The summed E-state index contributed by atoms with van der Waals surface area (Å²) in [7, 11) is 0. The Bertz CT molecular complexity index is 1220. The van der Waals surface area contributed by atoms with Crippen LogP contribution in [-0.2, 0) is 9.59 Å². The molecule has 0 spiro atoms. The maximum Gasteiger partial charge on any atom is 0.332 e. The minimum Gasteiger partial charge on any atom is -0.457 e. The van der Waals surface area contributed by atoms with Crippen LogP contribution in [-0.4, -0.2) is 46.5 Å². The first-order valence-corrected chi connectivity index (χ1v) is 11.5. The van der Waals surface area contributed by atoms with Crippen molar-refractivity contribution in [3.8, 4) is 11.5 Å². The maximum absolute atomic E-state index is 13.2. The molecule has 4 amide bonds. The lowest BCUT2D eigenvalue weighted by molar-refractivity contribution is -0.131. The Labute approximate surface area is 202 Å². The summed E-state index contributed by atoms with van der Waals surface area (Å²) in [5, 5.41) is 13.2. The number of ether oxygens (including phenoxy) is 1. The van der Waals surface area contributed by atoms with Crippen molar-refractivity contribution in [3.63, 3.8) is 0 Å². The van der Waals surface area contributed by atoms with Crippen LogP contribution in [0, 0.1) is 0 Å². The van der Waals surface area contributed by atoms with E-state index < -0.39 is 18.1 Å². The predicted molar refractivity (Wildman–Crippen MR) is 129 cm³/mol. The van der Waals surface area contributed by atoms with Gasteiger partial charge in [0.05, 0.1) is 5.69 Å². The minimum absolute atomic E-state index is 0.295. The lowest BCUT2D eigenvalue weighted by Crippen LogP contribution is -2.50. The van der Waals surface area contributed by atoms with Crippen LogP contribution in [0.15, 0.2) is 84.9 Å². The zero-order valence-corrected chi connectivity index (χ0v) is 18.9. The summed E-state index contributed by atoms with van der Waals surface area (Å²) < 4.78 is 5.79. The molecule has 2 aliphatic rings. The number of anilines is 1. The van der Waals surface area contributed by atoms with E-state index in [2.05, 4.69) is 5.32 Å². The summed E-state index contributed by atoms with van der Waals surface area (Å²) in [5.74, 6) is 0.444. The molecule has 0 saturated carbocycles. The Morgan fingerprint density at radius 3 is 2.23 bits per heavy atom. The molecule has 2 fully saturated rings. The van der Waals surface area contributed by atoms with Crippen molar-refractivity contribution in [2.24, 2.45) is 0 Å². The van der Waals surface area contributed by atoms with Crippen molar-refractivity contribution in [2.75, 3.05) is 11.4 Å². The number of rotatable bonds is 6. The molecule has 5 rings (SSSR count). The van der Waals surface area contributed by atoms with E-state index in [0.717, 1.165) is 0 Å². The van der Waals surface area contributed by atoms with E-state index in [1.165, 1.54) is 4.90 Å². The first-order valence-electron chi connectivity index (χ1n) is 11.5. The second kappa shape index (κ2) is 9.60. The third-order valence-electron chi connectivity index (χ3n) is 6.33. The van der Waals surface area contributed by atoms with Gasteiger partial charge in [-0.15, -0.1) is 0 Å². The van der Waals surface area contributed by atoms with Crippen LogP contribution in [0.2, 0.25) is 0 Å². The molecule has 3 aromatic carbocycles. The lowest BCUT2D eigenvalue weighted by Gasteiger charge is -2.33. The highest BCUT2D eigenvalue weighted by atomic mass is 16.5. The molecule has 8 nitrogen and oxygen atoms in total. The van der Waals surface area contributed by atoms with Gasteiger partial charge in [-0.2, -0.15) is 0 Å². The number of carbonyl (C=O) groups excluding carboxylic acids is 3. The van der Waals surface area contributed by atoms with Crippen LogP contribution in [0.25, 0.3) is 0 Å². The minimum atomic E-state index is -1.29. The van der Waals surface area contributed by atoms with Gasteiger partial charge < -0.3 is 20.1 Å². The van der Waals surface area contributed by atoms with E-state index >= 15 is 0 Å². The fourth-order valence-corrected chi connectivity index (χ4v) is 4.52. The van der Waals surface area contributed by atoms with Crippen LogP contribution in [0.4, 0.5) is 10.5 Å².